The molecular formula is C15H17BrN2O2. The Balaban J connectivity index is 1.90. The van der Waals surface area contributed by atoms with E-state index in [-0.39, 0.29) is 5.91 Å². The minimum absolute atomic E-state index is 0.126. The summed E-state index contributed by atoms with van der Waals surface area (Å²) in [7, 11) is 0. The predicted molar refractivity (Wildman–Crippen MR) is 80.4 cm³/mol. The Morgan fingerprint density at radius 1 is 1.35 bits per heavy atom. The number of halogens is 1. The molecule has 1 aromatic carbocycles. The summed E-state index contributed by atoms with van der Waals surface area (Å²) in [5.41, 5.74) is 1.54. The van der Waals surface area contributed by atoms with E-state index in [1.165, 1.54) is 0 Å². The number of carbonyl (C=O) groups is 1. The summed E-state index contributed by atoms with van der Waals surface area (Å²) >= 11 is 3.34. The molecule has 0 spiro atoms. The lowest BCUT2D eigenvalue weighted by Gasteiger charge is -2.02. The van der Waals surface area contributed by atoms with Crippen LogP contribution in [0.25, 0.3) is 0 Å². The van der Waals surface area contributed by atoms with Crippen LogP contribution in [0.1, 0.15) is 35.7 Å². The molecule has 0 aliphatic rings. The number of nitrogens with zero attached hydrogens (tertiary/aromatic N) is 1. The first-order valence-corrected chi connectivity index (χ1v) is 7.32. The second-order valence-electron chi connectivity index (χ2n) is 5.07. The van der Waals surface area contributed by atoms with E-state index in [0.717, 1.165) is 16.6 Å². The zero-order chi connectivity index (χ0) is 14.5. The first-order valence-electron chi connectivity index (χ1n) is 6.53. The topological polar surface area (TPSA) is 55.1 Å². The molecule has 2 rings (SSSR count). The number of hydrogen-bond donors (Lipinski definition) is 1. The maximum atomic E-state index is 11.9. The summed E-state index contributed by atoms with van der Waals surface area (Å²) in [5, 5.41) is 6.80. The highest BCUT2D eigenvalue weighted by atomic mass is 79.9. The van der Waals surface area contributed by atoms with Gasteiger partial charge in [-0.1, -0.05) is 34.9 Å². The number of aromatic nitrogens is 1. The van der Waals surface area contributed by atoms with Crippen LogP contribution < -0.4 is 5.32 Å². The molecule has 0 saturated heterocycles. The monoisotopic (exact) mass is 336 g/mol. The summed E-state index contributed by atoms with van der Waals surface area (Å²) in [4.78, 5) is 11.9. The fourth-order valence-electron chi connectivity index (χ4n) is 1.82. The fourth-order valence-corrected chi connectivity index (χ4v) is 2.09. The molecule has 1 amide bonds. The third-order valence-corrected chi connectivity index (χ3v) is 3.28. The predicted octanol–water partition coefficient (Wildman–Crippen LogP) is 3.57. The van der Waals surface area contributed by atoms with Crippen molar-refractivity contribution in [3.05, 3.63) is 51.8 Å². The Hall–Kier alpha value is -1.62. The van der Waals surface area contributed by atoms with E-state index in [4.69, 9.17) is 4.52 Å². The normalized spacial score (nSPS) is 10.8. The highest BCUT2D eigenvalue weighted by molar-refractivity contribution is 9.10. The smallest absolute Gasteiger partial charge is 0.251 e. The maximum Gasteiger partial charge on any atom is 0.251 e. The molecule has 0 aliphatic carbocycles. The number of hydrogen-bond acceptors (Lipinski definition) is 3. The van der Waals surface area contributed by atoms with Crippen molar-refractivity contribution < 1.29 is 9.32 Å². The van der Waals surface area contributed by atoms with Gasteiger partial charge in [0.05, 0.1) is 12.2 Å². The van der Waals surface area contributed by atoms with Gasteiger partial charge >= 0.3 is 0 Å². The van der Waals surface area contributed by atoms with Gasteiger partial charge in [-0.25, -0.2) is 0 Å². The Bertz CT molecular complexity index is 576. The number of nitrogens with one attached hydrogen (secondary N) is 1. The molecule has 5 heteroatoms. The third-order valence-electron chi connectivity index (χ3n) is 2.75. The minimum atomic E-state index is -0.126. The summed E-state index contributed by atoms with van der Waals surface area (Å²) in [6.45, 7) is 4.60. The molecular weight excluding hydrogens is 320 g/mol. The average Bonchev–Trinajstić information content (AvgIpc) is 2.83. The fraction of sp³-hybridized carbons (Fsp3) is 0.333. The third kappa shape index (κ3) is 4.20. The van der Waals surface area contributed by atoms with Crippen LogP contribution in [0.5, 0.6) is 0 Å². The molecule has 0 fully saturated rings. The van der Waals surface area contributed by atoms with E-state index in [9.17, 15) is 4.79 Å². The summed E-state index contributed by atoms with van der Waals surface area (Å²) in [5.74, 6) is 1.08. The molecule has 0 radical (unpaired) electrons. The van der Waals surface area contributed by atoms with Crippen molar-refractivity contribution in [1.29, 1.82) is 0 Å². The Kier molecular flexibility index (Phi) is 4.95. The van der Waals surface area contributed by atoms with Crippen LogP contribution in [0.2, 0.25) is 0 Å². The molecule has 0 saturated carbocycles. The van der Waals surface area contributed by atoms with Gasteiger partial charge in [-0.3, -0.25) is 4.79 Å². The molecule has 0 atom stereocenters. The van der Waals surface area contributed by atoms with E-state index in [1.54, 1.807) is 12.1 Å². The zero-order valence-corrected chi connectivity index (χ0v) is 13.1. The summed E-state index contributed by atoms with van der Waals surface area (Å²) in [6, 6.07) is 9.10. The van der Waals surface area contributed by atoms with Crippen LogP contribution in [0.15, 0.2) is 39.3 Å². The van der Waals surface area contributed by atoms with Crippen molar-refractivity contribution in [1.82, 2.24) is 10.5 Å². The molecule has 20 heavy (non-hydrogen) atoms. The Morgan fingerprint density at radius 2 is 2.05 bits per heavy atom. The lowest BCUT2D eigenvalue weighted by molar-refractivity contribution is 0.0947. The molecule has 0 bridgehead atoms. The van der Waals surface area contributed by atoms with E-state index < -0.39 is 0 Å². The van der Waals surface area contributed by atoms with Gasteiger partial charge in [-0.2, -0.15) is 0 Å². The first kappa shape index (κ1) is 14.8. The highest BCUT2D eigenvalue weighted by Crippen LogP contribution is 2.11. The highest BCUT2D eigenvalue weighted by Gasteiger charge is 2.09. The number of carbonyl (C=O) groups excluding carboxylic acids is 1. The van der Waals surface area contributed by atoms with E-state index >= 15 is 0 Å². The van der Waals surface area contributed by atoms with Gasteiger partial charge in [0.25, 0.3) is 5.91 Å². The quantitative estimate of drug-likeness (QED) is 0.908. The Labute approximate surface area is 126 Å². The molecule has 1 aromatic heterocycles. The maximum absolute atomic E-state index is 11.9. The van der Waals surface area contributed by atoms with Crippen LogP contribution in [0, 0.1) is 5.92 Å². The molecule has 1 N–H and O–H groups in total. The molecule has 2 aromatic rings. The molecule has 4 nitrogen and oxygen atoms in total. The number of rotatable bonds is 5. The van der Waals surface area contributed by atoms with Crippen molar-refractivity contribution in [3.63, 3.8) is 0 Å². The van der Waals surface area contributed by atoms with E-state index in [1.807, 2.05) is 18.2 Å². The van der Waals surface area contributed by atoms with Crippen LogP contribution in [0.4, 0.5) is 0 Å². The zero-order valence-electron chi connectivity index (χ0n) is 11.5. The second-order valence-corrected chi connectivity index (χ2v) is 5.99. The largest absolute Gasteiger partial charge is 0.359 e. The van der Waals surface area contributed by atoms with Crippen molar-refractivity contribution in [2.45, 2.75) is 26.8 Å². The van der Waals surface area contributed by atoms with Crippen LogP contribution in [0.3, 0.4) is 0 Å². The van der Waals surface area contributed by atoms with Gasteiger partial charge < -0.3 is 9.84 Å². The second kappa shape index (κ2) is 6.70. The van der Waals surface area contributed by atoms with Gasteiger partial charge in [0.1, 0.15) is 0 Å². The molecule has 106 valence electrons. The van der Waals surface area contributed by atoms with Crippen molar-refractivity contribution in [3.8, 4) is 0 Å². The Morgan fingerprint density at radius 3 is 2.70 bits per heavy atom. The molecule has 0 aliphatic heterocycles. The molecule has 1 heterocycles. The van der Waals surface area contributed by atoms with Gasteiger partial charge in [0.15, 0.2) is 5.76 Å². The van der Waals surface area contributed by atoms with Crippen LogP contribution in [-0.2, 0) is 13.0 Å². The lowest BCUT2D eigenvalue weighted by Crippen LogP contribution is -2.22. The van der Waals surface area contributed by atoms with Gasteiger partial charge in [-0.05, 0) is 36.6 Å². The summed E-state index contributed by atoms with van der Waals surface area (Å²) < 4.78 is 6.15. The van der Waals surface area contributed by atoms with Gasteiger partial charge in [0, 0.05) is 16.1 Å². The first-order chi connectivity index (χ1) is 9.54. The number of amides is 1. The standard InChI is InChI=1S/C15H17BrN2O2/c1-10(2)7-13-8-14(20-18-13)9-17-15(19)11-3-5-12(16)6-4-11/h3-6,8,10H,7,9H2,1-2H3,(H,17,19). The van der Waals surface area contributed by atoms with E-state index in [2.05, 4.69) is 40.3 Å². The lowest BCUT2D eigenvalue weighted by atomic mass is 10.1. The van der Waals surface area contributed by atoms with Gasteiger partial charge in [0.2, 0.25) is 0 Å². The van der Waals surface area contributed by atoms with Gasteiger partial charge in [-0.15, -0.1) is 0 Å². The minimum Gasteiger partial charge on any atom is -0.359 e. The SMILES string of the molecule is CC(C)Cc1cc(CNC(=O)c2ccc(Br)cc2)on1. The number of benzene rings is 1. The van der Waals surface area contributed by atoms with Crippen molar-refractivity contribution in [2.75, 3.05) is 0 Å². The average molecular weight is 337 g/mol. The van der Waals surface area contributed by atoms with Crippen LogP contribution in [-0.4, -0.2) is 11.1 Å². The summed E-state index contributed by atoms with van der Waals surface area (Å²) in [6.07, 6.45) is 0.879. The molecule has 0 unspecified atom stereocenters. The van der Waals surface area contributed by atoms with E-state index in [0.29, 0.717) is 23.8 Å². The van der Waals surface area contributed by atoms with Crippen molar-refractivity contribution in [2.24, 2.45) is 5.92 Å². The van der Waals surface area contributed by atoms with Crippen molar-refractivity contribution >= 4 is 21.8 Å². The van der Waals surface area contributed by atoms with Crippen LogP contribution >= 0.6 is 15.9 Å².